The van der Waals surface area contributed by atoms with E-state index in [2.05, 4.69) is 15.2 Å². The predicted molar refractivity (Wildman–Crippen MR) is 78.3 cm³/mol. The molecule has 0 radical (unpaired) electrons. The molecule has 108 valence electrons. The lowest BCUT2D eigenvalue weighted by Gasteiger charge is -2.15. The Kier molecular flexibility index (Phi) is 4.86. The second kappa shape index (κ2) is 6.62. The number of nitrogens with one attached hydrogen (secondary N) is 1. The van der Waals surface area contributed by atoms with Crippen LogP contribution in [0.5, 0.6) is 11.5 Å². The fourth-order valence-corrected chi connectivity index (χ4v) is 2.59. The molecule has 2 aromatic rings. The Balaban J connectivity index is 2.06. The number of H-pyrrole nitrogens is 1. The van der Waals surface area contributed by atoms with Crippen LogP contribution in [-0.4, -0.2) is 35.2 Å². The zero-order chi connectivity index (χ0) is 14.5. The first kappa shape index (κ1) is 14.7. The summed E-state index contributed by atoms with van der Waals surface area (Å²) in [5, 5.41) is 7.58. The van der Waals surface area contributed by atoms with E-state index in [0.29, 0.717) is 10.9 Å². The summed E-state index contributed by atoms with van der Waals surface area (Å²) in [5.41, 5.74) is 7.15. The van der Waals surface area contributed by atoms with Gasteiger partial charge in [0.25, 0.3) is 0 Å². The lowest BCUT2D eigenvalue weighted by Crippen LogP contribution is -2.14. The number of nitrogens with two attached hydrogens (primary N) is 1. The van der Waals surface area contributed by atoms with Crippen molar-refractivity contribution >= 4 is 11.8 Å². The van der Waals surface area contributed by atoms with Gasteiger partial charge in [-0.2, -0.15) is 0 Å². The largest absolute Gasteiger partial charge is 0.497 e. The van der Waals surface area contributed by atoms with Crippen LogP contribution in [0.4, 0.5) is 0 Å². The molecule has 0 saturated carbocycles. The van der Waals surface area contributed by atoms with Gasteiger partial charge in [-0.05, 0) is 13.0 Å². The molecule has 3 N–H and O–H groups in total. The molecule has 1 unspecified atom stereocenters. The highest BCUT2D eigenvalue weighted by molar-refractivity contribution is 7.99. The second-order valence-corrected chi connectivity index (χ2v) is 5.22. The standard InChI is InChI=1S/C13H18N4O2S/c1-8-15-13(17-16-8)20-7-11(14)10-5-4-9(18-2)6-12(10)19-3/h4-6,11H,7,14H2,1-3H3,(H,15,16,17). The van der Waals surface area contributed by atoms with Crippen LogP contribution in [0.3, 0.4) is 0 Å². The van der Waals surface area contributed by atoms with Crippen LogP contribution in [-0.2, 0) is 0 Å². The SMILES string of the molecule is COc1ccc(C(N)CSc2n[nH]c(C)n2)c(OC)c1. The maximum atomic E-state index is 6.21. The number of nitrogens with zero attached hydrogens (tertiary/aromatic N) is 2. The van der Waals surface area contributed by atoms with E-state index in [-0.39, 0.29) is 6.04 Å². The number of ether oxygens (including phenoxy) is 2. The summed E-state index contributed by atoms with van der Waals surface area (Å²) < 4.78 is 10.5. The lowest BCUT2D eigenvalue weighted by atomic mass is 10.1. The number of hydrogen-bond acceptors (Lipinski definition) is 6. The number of aromatic amines is 1. The molecule has 1 aromatic heterocycles. The number of rotatable bonds is 6. The van der Waals surface area contributed by atoms with Crippen molar-refractivity contribution in [1.29, 1.82) is 0 Å². The summed E-state index contributed by atoms with van der Waals surface area (Å²) in [6, 6.07) is 5.46. The summed E-state index contributed by atoms with van der Waals surface area (Å²) in [5.74, 6) is 2.93. The van der Waals surface area contributed by atoms with Gasteiger partial charge in [0.15, 0.2) is 0 Å². The quantitative estimate of drug-likeness (QED) is 0.792. The van der Waals surface area contributed by atoms with Gasteiger partial charge in [0.1, 0.15) is 17.3 Å². The summed E-state index contributed by atoms with van der Waals surface area (Å²) >= 11 is 1.51. The number of hydrogen-bond donors (Lipinski definition) is 2. The van der Waals surface area contributed by atoms with Crippen LogP contribution in [0.2, 0.25) is 0 Å². The van der Waals surface area contributed by atoms with E-state index in [1.54, 1.807) is 14.2 Å². The van der Waals surface area contributed by atoms with Crippen molar-refractivity contribution in [3.05, 3.63) is 29.6 Å². The summed E-state index contributed by atoms with van der Waals surface area (Å²) in [6.07, 6.45) is 0. The third kappa shape index (κ3) is 3.43. The number of benzene rings is 1. The highest BCUT2D eigenvalue weighted by Gasteiger charge is 2.14. The Hall–Kier alpha value is -1.73. The van der Waals surface area contributed by atoms with Gasteiger partial charge in [-0.25, -0.2) is 4.98 Å². The predicted octanol–water partition coefficient (Wildman–Crippen LogP) is 1.92. The molecule has 6 nitrogen and oxygen atoms in total. The molecule has 0 aliphatic heterocycles. The Bertz CT molecular complexity index is 573. The molecule has 0 aliphatic carbocycles. The van der Waals surface area contributed by atoms with Crippen LogP contribution in [0.15, 0.2) is 23.4 Å². The molecular weight excluding hydrogens is 276 g/mol. The van der Waals surface area contributed by atoms with Gasteiger partial charge < -0.3 is 15.2 Å². The molecular formula is C13H18N4O2S. The van der Waals surface area contributed by atoms with Crippen molar-refractivity contribution in [2.45, 2.75) is 18.1 Å². The fourth-order valence-electron chi connectivity index (χ4n) is 1.77. The van der Waals surface area contributed by atoms with Crippen molar-refractivity contribution in [3.8, 4) is 11.5 Å². The van der Waals surface area contributed by atoms with Gasteiger partial charge in [-0.15, -0.1) is 5.10 Å². The van der Waals surface area contributed by atoms with Crippen molar-refractivity contribution in [2.75, 3.05) is 20.0 Å². The number of methoxy groups -OCH3 is 2. The molecule has 0 spiro atoms. The summed E-state index contributed by atoms with van der Waals surface area (Å²) in [4.78, 5) is 4.24. The van der Waals surface area contributed by atoms with E-state index in [1.165, 1.54) is 11.8 Å². The van der Waals surface area contributed by atoms with E-state index < -0.39 is 0 Å². The van der Waals surface area contributed by atoms with Gasteiger partial charge >= 0.3 is 0 Å². The van der Waals surface area contributed by atoms with E-state index in [0.717, 1.165) is 22.9 Å². The van der Waals surface area contributed by atoms with Crippen molar-refractivity contribution in [3.63, 3.8) is 0 Å². The van der Waals surface area contributed by atoms with E-state index in [1.807, 2.05) is 25.1 Å². The molecule has 0 aliphatic rings. The first-order valence-corrected chi connectivity index (χ1v) is 7.12. The van der Waals surface area contributed by atoms with Crippen LogP contribution in [0.25, 0.3) is 0 Å². The first-order chi connectivity index (χ1) is 9.63. The average Bonchev–Trinajstić information content (AvgIpc) is 2.89. The average molecular weight is 294 g/mol. The minimum atomic E-state index is -0.167. The highest BCUT2D eigenvalue weighted by atomic mass is 32.2. The monoisotopic (exact) mass is 294 g/mol. The fraction of sp³-hybridized carbons (Fsp3) is 0.385. The number of aryl methyl sites for hydroxylation is 1. The minimum absolute atomic E-state index is 0.167. The smallest absolute Gasteiger partial charge is 0.208 e. The third-order valence-electron chi connectivity index (χ3n) is 2.81. The third-order valence-corrected chi connectivity index (χ3v) is 3.78. The minimum Gasteiger partial charge on any atom is -0.497 e. The molecule has 2 rings (SSSR count). The van der Waals surface area contributed by atoms with Gasteiger partial charge in [0.05, 0.1) is 14.2 Å². The number of aromatic nitrogens is 3. The zero-order valence-corrected chi connectivity index (χ0v) is 12.5. The maximum Gasteiger partial charge on any atom is 0.208 e. The van der Waals surface area contributed by atoms with E-state index in [9.17, 15) is 0 Å². The van der Waals surface area contributed by atoms with Gasteiger partial charge in [0.2, 0.25) is 5.16 Å². The lowest BCUT2D eigenvalue weighted by molar-refractivity contribution is 0.389. The molecule has 1 heterocycles. The molecule has 1 atom stereocenters. The van der Waals surface area contributed by atoms with E-state index >= 15 is 0 Å². The van der Waals surface area contributed by atoms with Crippen molar-refractivity contribution in [2.24, 2.45) is 5.73 Å². The van der Waals surface area contributed by atoms with Gasteiger partial charge in [0, 0.05) is 23.4 Å². The van der Waals surface area contributed by atoms with E-state index in [4.69, 9.17) is 15.2 Å². The maximum absolute atomic E-state index is 6.21. The molecule has 0 amide bonds. The molecule has 1 aromatic carbocycles. The summed E-state index contributed by atoms with van der Waals surface area (Å²) in [6.45, 7) is 1.86. The number of thioether (sulfide) groups is 1. The Labute approximate surface area is 122 Å². The van der Waals surface area contributed by atoms with Crippen molar-refractivity contribution in [1.82, 2.24) is 15.2 Å². The molecule has 7 heteroatoms. The first-order valence-electron chi connectivity index (χ1n) is 6.13. The molecule has 0 fully saturated rings. The van der Waals surface area contributed by atoms with Gasteiger partial charge in [-0.1, -0.05) is 17.8 Å². The van der Waals surface area contributed by atoms with Crippen LogP contribution >= 0.6 is 11.8 Å². The topological polar surface area (TPSA) is 86.0 Å². The van der Waals surface area contributed by atoms with Crippen LogP contribution in [0.1, 0.15) is 17.4 Å². The Morgan fingerprint density at radius 2 is 2.15 bits per heavy atom. The van der Waals surface area contributed by atoms with Crippen molar-refractivity contribution < 1.29 is 9.47 Å². The molecule has 20 heavy (non-hydrogen) atoms. The Morgan fingerprint density at radius 3 is 2.75 bits per heavy atom. The zero-order valence-electron chi connectivity index (χ0n) is 11.7. The van der Waals surface area contributed by atoms with Gasteiger partial charge in [-0.3, -0.25) is 5.10 Å². The highest BCUT2D eigenvalue weighted by Crippen LogP contribution is 2.30. The summed E-state index contributed by atoms with van der Waals surface area (Å²) in [7, 11) is 3.24. The molecule has 0 saturated heterocycles. The van der Waals surface area contributed by atoms with Crippen LogP contribution < -0.4 is 15.2 Å². The molecule has 0 bridgehead atoms. The van der Waals surface area contributed by atoms with Crippen LogP contribution in [0, 0.1) is 6.92 Å². The Morgan fingerprint density at radius 1 is 1.35 bits per heavy atom. The normalized spacial score (nSPS) is 12.2. The second-order valence-electron chi connectivity index (χ2n) is 4.23.